The van der Waals surface area contributed by atoms with Crippen LogP contribution in [0.25, 0.3) is 0 Å². The fourth-order valence-electron chi connectivity index (χ4n) is 5.34. The maximum Gasteiger partial charge on any atom is 0.398 e. The molecule has 3 aromatic carbocycles. The molecule has 4 rings (SSSR count). The van der Waals surface area contributed by atoms with E-state index in [9.17, 15) is 33.1 Å². The number of carbonyl (C=O) groups is 4. The van der Waals surface area contributed by atoms with Gasteiger partial charge < -0.3 is 43.6 Å². The Labute approximate surface area is 285 Å². The Hall–Kier alpha value is -5.32. The Balaban J connectivity index is 1.52. The highest BCUT2D eigenvalue weighted by Crippen LogP contribution is 2.39. The standard InChI is InChI=1S/C34H36F2N2O12/c1-44-18-48-25-13-12-24(35)29(36)28(25)30(39)20-8-10-21(11-9-20)33(41)50-38(34(42)43)14-6-5-7-23(17-38)37-32(40)22-15-26(46-3)31(49-19-45-2)27(16-22)47-4/h8-13,15-16,23H,5-7,14,17-19H2,1-4H3,(H-,37,40,42,43). The predicted octanol–water partition coefficient (Wildman–Crippen LogP) is 3.39. The van der Waals surface area contributed by atoms with Crippen LogP contribution in [0.15, 0.2) is 48.5 Å². The van der Waals surface area contributed by atoms with Crippen molar-refractivity contribution >= 4 is 23.8 Å². The van der Waals surface area contributed by atoms with Crippen LogP contribution in [0.5, 0.6) is 23.0 Å². The van der Waals surface area contributed by atoms with E-state index in [1.807, 2.05) is 0 Å². The minimum Gasteiger partial charge on any atom is -0.495 e. The average molecular weight is 703 g/mol. The number of hydrogen-bond acceptors (Lipinski definition) is 12. The molecule has 0 spiro atoms. The van der Waals surface area contributed by atoms with Crippen LogP contribution in [-0.2, 0) is 14.3 Å². The van der Waals surface area contributed by atoms with Crippen LogP contribution in [0.2, 0.25) is 0 Å². The molecule has 16 heteroatoms. The van der Waals surface area contributed by atoms with E-state index in [4.69, 9.17) is 33.3 Å². The Morgan fingerprint density at radius 1 is 0.820 bits per heavy atom. The van der Waals surface area contributed by atoms with Crippen molar-refractivity contribution in [3.8, 4) is 23.0 Å². The van der Waals surface area contributed by atoms with Gasteiger partial charge in [-0.2, -0.15) is 0 Å². The van der Waals surface area contributed by atoms with Crippen molar-refractivity contribution in [2.24, 2.45) is 0 Å². The Morgan fingerprint density at radius 2 is 1.44 bits per heavy atom. The third-order valence-electron chi connectivity index (χ3n) is 7.81. The Kier molecular flexibility index (Phi) is 12.7. The number of halogens is 2. The number of carboxylic acid groups (broad SMARTS) is 1. The second-order valence-corrected chi connectivity index (χ2v) is 11.1. The molecule has 0 radical (unpaired) electrons. The average Bonchev–Trinajstić information content (AvgIpc) is 3.32. The molecule has 0 bridgehead atoms. The zero-order valence-corrected chi connectivity index (χ0v) is 27.7. The van der Waals surface area contributed by atoms with Gasteiger partial charge in [0, 0.05) is 31.8 Å². The van der Waals surface area contributed by atoms with Crippen molar-refractivity contribution in [3.05, 3.63) is 82.4 Å². The third-order valence-corrected chi connectivity index (χ3v) is 7.81. The van der Waals surface area contributed by atoms with Crippen LogP contribution < -0.4 is 29.4 Å². The zero-order valence-electron chi connectivity index (χ0n) is 27.7. The van der Waals surface area contributed by atoms with Crippen molar-refractivity contribution in [3.63, 3.8) is 0 Å². The number of nitrogens with one attached hydrogen (secondary N) is 1. The smallest absolute Gasteiger partial charge is 0.398 e. The lowest BCUT2D eigenvalue weighted by Crippen LogP contribution is -2.63. The molecular formula is C34H36F2N2O12. The summed E-state index contributed by atoms with van der Waals surface area (Å²) >= 11 is 0. The molecule has 2 unspecified atom stereocenters. The molecule has 3 aromatic rings. The minimum atomic E-state index is -1.71. The number of ether oxygens (including phenoxy) is 6. The van der Waals surface area contributed by atoms with Crippen LogP contribution in [-0.4, -0.2) is 89.6 Å². The second-order valence-electron chi connectivity index (χ2n) is 11.1. The molecule has 2 atom stereocenters. The molecular weight excluding hydrogens is 666 g/mol. The third kappa shape index (κ3) is 8.45. The van der Waals surface area contributed by atoms with Crippen molar-refractivity contribution < 1.29 is 71.0 Å². The SMILES string of the molecule is COCOc1ccc(F)c(F)c1C(=O)c1ccc(C(=O)O[N+]2(C(=O)[O-])CCCCC(NC(=O)c3cc(OC)c(OCOC)c(OC)c3)C2)cc1. The lowest BCUT2D eigenvalue weighted by Gasteiger charge is -2.34. The highest BCUT2D eigenvalue weighted by Gasteiger charge is 2.42. The lowest BCUT2D eigenvalue weighted by atomic mass is 10.0. The van der Waals surface area contributed by atoms with Crippen molar-refractivity contribution in [1.29, 1.82) is 0 Å². The minimum absolute atomic E-state index is 0.106. The highest BCUT2D eigenvalue weighted by atomic mass is 19.2. The van der Waals surface area contributed by atoms with Crippen LogP contribution in [0.1, 0.15) is 55.9 Å². The van der Waals surface area contributed by atoms with Crippen LogP contribution in [0.3, 0.4) is 0 Å². The molecule has 1 N–H and O–H groups in total. The molecule has 268 valence electrons. The van der Waals surface area contributed by atoms with Gasteiger partial charge in [0.05, 0.1) is 25.8 Å². The summed E-state index contributed by atoms with van der Waals surface area (Å²) in [5.41, 5.74) is -0.818. The topological polar surface area (TPSA) is 168 Å². The van der Waals surface area contributed by atoms with Gasteiger partial charge in [0.25, 0.3) is 5.91 Å². The van der Waals surface area contributed by atoms with E-state index in [1.54, 1.807) is 0 Å². The molecule has 1 heterocycles. The maximum absolute atomic E-state index is 14.7. The summed E-state index contributed by atoms with van der Waals surface area (Å²) < 4.78 is 58.6. The molecule has 0 aliphatic carbocycles. The number of quaternary nitrogens is 1. The van der Waals surface area contributed by atoms with Gasteiger partial charge in [-0.05, 0) is 49.2 Å². The van der Waals surface area contributed by atoms with Crippen LogP contribution in [0, 0.1) is 11.6 Å². The number of amides is 2. The summed E-state index contributed by atoms with van der Waals surface area (Å²) in [6.45, 7) is -0.943. The first-order valence-corrected chi connectivity index (χ1v) is 15.2. The molecule has 50 heavy (non-hydrogen) atoms. The zero-order chi connectivity index (χ0) is 36.4. The molecule has 2 amide bonds. The van der Waals surface area contributed by atoms with E-state index in [1.165, 1.54) is 64.8 Å². The normalized spacial score (nSPS) is 17.2. The first kappa shape index (κ1) is 37.5. The van der Waals surface area contributed by atoms with E-state index < -0.39 is 51.6 Å². The molecule has 1 fully saturated rings. The summed E-state index contributed by atoms with van der Waals surface area (Å²) in [4.78, 5) is 57.8. The number of benzene rings is 3. The first-order chi connectivity index (χ1) is 24.0. The summed E-state index contributed by atoms with van der Waals surface area (Å²) in [5, 5.41) is 15.3. The number of likely N-dealkylation sites (tertiary alicyclic amines) is 1. The van der Waals surface area contributed by atoms with E-state index >= 15 is 0 Å². The summed E-state index contributed by atoms with van der Waals surface area (Å²) in [7, 11) is 5.51. The summed E-state index contributed by atoms with van der Waals surface area (Å²) in [6, 6.07) is 8.65. The largest absolute Gasteiger partial charge is 0.495 e. The molecule has 14 nitrogen and oxygen atoms in total. The monoisotopic (exact) mass is 702 g/mol. The highest BCUT2D eigenvalue weighted by molar-refractivity contribution is 6.11. The lowest BCUT2D eigenvalue weighted by molar-refractivity contribution is -1.04. The van der Waals surface area contributed by atoms with Crippen LogP contribution in [0.4, 0.5) is 13.6 Å². The quantitative estimate of drug-likeness (QED) is 0.157. The molecule has 0 saturated carbocycles. The van der Waals surface area contributed by atoms with Crippen molar-refractivity contribution in [2.45, 2.75) is 25.3 Å². The van der Waals surface area contributed by atoms with Gasteiger partial charge in [-0.3, -0.25) is 14.4 Å². The molecule has 1 saturated heterocycles. The summed E-state index contributed by atoms with van der Waals surface area (Å²) in [6.07, 6.45) is -0.528. The van der Waals surface area contributed by atoms with Crippen molar-refractivity contribution in [2.75, 3.05) is 55.1 Å². The predicted molar refractivity (Wildman–Crippen MR) is 167 cm³/mol. The Morgan fingerprint density at radius 3 is 2.04 bits per heavy atom. The fourth-order valence-corrected chi connectivity index (χ4v) is 5.34. The van der Waals surface area contributed by atoms with Gasteiger partial charge in [0.1, 0.15) is 24.4 Å². The van der Waals surface area contributed by atoms with E-state index in [0.717, 1.165) is 12.1 Å². The van der Waals surface area contributed by atoms with Crippen LogP contribution >= 0.6 is 0 Å². The Bertz CT molecular complexity index is 1690. The maximum atomic E-state index is 14.7. The number of ketones is 1. The second kappa shape index (κ2) is 16.9. The number of nitrogens with zero attached hydrogens (tertiary/aromatic N) is 1. The number of carbonyl (C=O) groups excluding carboxylic acids is 4. The molecule has 1 aliphatic heterocycles. The van der Waals surface area contributed by atoms with E-state index in [0.29, 0.717) is 19.3 Å². The van der Waals surface area contributed by atoms with Gasteiger partial charge in [0.2, 0.25) is 5.75 Å². The van der Waals surface area contributed by atoms with E-state index in [2.05, 4.69) is 5.32 Å². The molecule has 0 aromatic heterocycles. The van der Waals surface area contributed by atoms with Gasteiger partial charge in [-0.1, -0.05) is 16.8 Å². The van der Waals surface area contributed by atoms with Gasteiger partial charge in [0.15, 0.2) is 42.5 Å². The fraction of sp³-hybridized carbons (Fsp3) is 0.353. The summed E-state index contributed by atoms with van der Waals surface area (Å²) in [5.74, 6) is -4.96. The van der Waals surface area contributed by atoms with Crippen molar-refractivity contribution in [1.82, 2.24) is 5.32 Å². The number of hydrogen-bond donors (Lipinski definition) is 1. The van der Waals surface area contributed by atoms with Gasteiger partial charge >= 0.3 is 12.1 Å². The molecule has 1 aliphatic rings. The first-order valence-electron chi connectivity index (χ1n) is 15.2. The number of rotatable bonds is 13. The number of methoxy groups -OCH3 is 4. The van der Waals surface area contributed by atoms with E-state index in [-0.39, 0.29) is 66.4 Å². The number of hydroxylamine groups is 3. The van der Waals surface area contributed by atoms with Gasteiger partial charge in [-0.15, -0.1) is 0 Å². The van der Waals surface area contributed by atoms with Gasteiger partial charge in [-0.25, -0.2) is 13.6 Å².